The molecular weight excluding hydrogens is 1610 g/mol. The van der Waals surface area contributed by atoms with Gasteiger partial charge in [0.25, 0.3) is 0 Å². The smallest absolute Gasteiger partial charge is 0.311 e. The molecule has 7 N–H and O–H groups in total. The number of ether oxygens (including phenoxy) is 5. The van der Waals surface area contributed by atoms with E-state index in [-0.39, 0.29) is 142 Å². The fraction of sp³-hybridized carbons (Fsp3) is 0.274. The molecular formula is C106H110N6O16. The first-order chi connectivity index (χ1) is 61.8. The highest BCUT2D eigenvalue weighted by atomic mass is 16.6. The van der Waals surface area contributed by atoms with Crippen LogP contribution in [0.3, 0.4) is 0 Å². The second-order valence-corrected chi connectivity index (χ2v) is 31.6. The highest BCUT2D eigenvalue weighted by molar-refractivity contribution is 6.15. The van der Waals surface area contributed by atoms with Crippen LogP contribution >= 0.6 is 0 Å². The summed E-state index contributed by atoms with van der Waals surface area (Å²) in [6.07, 6.45) is 7.90. The van der Waals surface area contributed by atoms with Gasteiger partial charge in [-0.3, -0.25) is 52.7 Å². The number of esters is 5. The van der Waals surface area contributed by atoms with Crippen LogP contribution in [0.25, 0.3) is 111 Å². The average molecular weight is 1720 g/mol. The van der Waals surface area contributed by atoms with E-state index < -0.39 is 41.7 Å². The fourth-order valence-corrected chi connectivity index (χ4v) is 15.3. The van der Waals surface area contributed by atoms with E-state index >= 15 is 4.79 Å². The molecule has 660 valence electrons. The van der Waals surface area contributed by atoms with Gasteiger partial charge < -0.3 is 56.0 Å². The molecule has 22 nitrogen and oxygen atoms in total. The molecule has 0 aromatic heterocycles. The fourth-order valence-electron chi connectivity index (χ4n) is 15.3. The van der Waals surface area contributed by atoms with Gasteiger partial charge in [-0.05, 0) is 167 Å². The van der Waals surface area contributed by atoms with Crippen LogP contribution in [-0.2, 0) is 47.9 Å². The molecule has 11 aromatic rings. The molecule has 0 spiro atoms. The Morgan fingerprint density at radius 3 is 1.32 bits per heavy atom. The second kappa shape index (κ2) is 45.0. The molecule has 6 amide bonds. The van der Waals surface area contributed by atoms with E-state index in [9.17, 15) is 47.9 Å². The van der Waals surface area contributed by atoms with Crippen LogP contribution in [0.1, 0.15) is 196 Å². The molecule has 11 rings (SSSR count). The lowest BCUT2D eigenvalue weighted by Crippen LogP contribution is -2.19. The Morgan fingerprint density at radius 2 is 0.766 bits per heavy atom. The monoisotopic (exact) mass is 1720 g/mol. The number of primary amides is 1. The number of unbranched alkanes of at least 4 members (excludes halogenated alkanes) is 5. The average Bonchev–Trinajstić information content (AvgIpc) is 0.726. The number of para-hydroxylation sites is 5. The molecule has 0 aliphatic carbocycles. The first kappa shape index (κ1) is 94.3. The summed E-state index contributed by atoms with van der Waals surface area (Å²) in [5.41, 5.74) is 16.5. The zero-order valence-corrected chi connectivity index (χ0v) is 74.4. The van der Waals surface area contributed by atoms with Crippen molar-refractivity contribution in [2.75, 3.05) is 26.6 Å². The van der Waals surface area contributed by atoms with Crippen LogP contribution in [0.5, 0.6) is 28.7 Å². The summed E-state index contributed by atoms with van der Waals surface area (Å²) >= 11 is 0. The summed E-state index contributed by atoms with van der Waals surface area (Å²) in [5.74, 6) is -5.32. The molecule has 0 radical (unpaired) electrons. The van der Waals surface area contributed by atoms with Gasteiger partial charge in [-0.25, -0.2) is 0 Å². The maximum absolute atomic E-state index is 15.2. The van der Waals surface area contributed by atoms with E-state index in [1.807, 2.05) is 101 Å². The molecule has 128 heavy (non-hydrogen) atoms. The standard InChI is InChI=1S/C106H110N6O16/c1-12-19-22-44-95(118)111-102-78(75-58-51-70(109-94(117)43-21-14-3)61-86(75)81-38-29-36-79(103(81)112-106(123)64(8)9)74-57-50-69(108-93(116)31-15-4)60-85(74)77-33-24-26-41-90(77)110-92(115)17-6)35-28-37-80(102)82-39-30-40-83(104(82)125-66(11)114)87-62-73(124-65(10)113)56-59-76(87)88-63-89(105(107)122)99(67-46-52-72(53-47-67)127-98(121)45-23-20-13-2)100(68-48-54-71(55-49-68)126-97(120)32-16-5)101(88)84-34-25-27-42-91(84)128-96(119)18-7/h24-30,33-42,46-64H,12-23,31-32,43-45H2,1-11H3,(H2,107,122)(H,108,116)(H,109,117)(H,110,115)(H,111,118)(H,112,123). The van der Waals surface area contributed by atoms with Gasteiger partial charge in [-0.1, -0.05) is 228 Å². The number of hydrogen-bond donors (Lipinski definition) is 6. The van der Waals surface area contributed by atoms with Gasteiger partial charge in [0.05, 0.1) is 11.4 Å². The van der Waals surface area contributed by atoms with Gasteiger partial charge in [-0.2, -0.15) is 0 Å². The van der Waals surface area contributed by atoms with Crippen molar-refractivity contribution in [3.05, 3.63) is 218 Å². The van der Waals surface area contributed by atoms with Crippen molar-refractivity contribution in [3.8, 4) is 140 Å². The third-order valence-corrected chi connectivity index (χ3v) is 21.5. The summed E-state index contributed by atoms with van der Waals surface area (Å²) in [7, 11) is 0. The van der Waals surface area contributed by atoms with Crippen molar-refractivity contribution in [2.45, 2.75) is 185 Å². The van der Waals surface area contributed by atoms with Gasteiger partial charge in [0.2, 0.25) is 35.4 Å². The SMILES string of the molecule is CCCCCC(=O)Nc1c(-c2ccc(NC(=O)CCCC)cc2-c2cccc(-c3ccc(NC(=O)CCC)cc3-c3ccccc3NC(=O)CC)c2NC(=O)C(C)C)cccc1-c1cccc(-c2cc(OC(C)=O)ccc2-c2cc(C(N)=O)c(-c3ccc(OC(=O)CCCCC)cc3)c(-c3ccc(OC(=O)CCC)cc3)c2-c2ccccc2OC(=O)CC)c1OC(C)=O. The summed E-state index contributed by atoms with van der Waals surface area (Å²) in [6, 6.07) is 61.0. The molecule has 0 aliphatic heterocycles. The van der Waals surface area contributed by atoms with E-state index in [0.717, 1.165) is 32.1 Å². The van der Waals surface area contributed by atoms with Crippen LogP contribution in [0.2, 0.25) is 0 Å². The maximum Gasteiger partial charge on any atom is 0.311 e. The molecule has 0 unspecified atom stereocenters. The van der Waals surface area contributed by atoms with Crippen molar-refractivity contribution in [1.29, 1.82) is 0 Å². The molecule has 22 heteroatoms. The van der Waals surface area contributed by atoms with Gasteiger partial charge in [-0.15, -0.1) is 0 Å². The molecule has 0 atom stereocenters. The zero-order chi connectivity index (χ0) is 91.7. The topological polar surface area (TPSA) is 320 Å². The maximum atomic E-state index is 15.2. The van der Waals surface area contributed by atoms with Crippen LogP contribution in [-0.4, -0.2) is 65.3 Å². The van der Waals surface area contributed by atoms with Gasteiger partial charge in [0.15, 0.2) is 0 Å². The molecule has 0 saturated heterocycles. The van der Waals surface area contributed by atoms with Gasteiger partial charge in [0, 0.05) is 143 Å². The molecule has 0 aliphatic rings. The van der Waals surface area contributed by atoms with Crippen molar-refractivity contribution >= 4 is 93.7 Å². The highest BCUT2D eigenvalue weighted by Gasteiger charge is 2.33. The quantitative estimate of drug-likeness (QED) is 0.0118. The zero-order valence-electron chi connectivity index (χ0n) is 74.4. The van der Waals surface area contributed by atoms with Crippen molar-refractivity contribution in [2.24, 2.45) is 11.7 Å². The van der Waals surface area contributed by atoms with E-state index in [4.69, 9.17) is 29.4 Å². The minimum atomic E-state index is -0.897. The summed E-state index contributed by atoms with van der Waals surface area (Å²) in [6.45, 7) is 19.3. The summed E-state index contributed by atoms with van der Waals surface area (Å²) in [5, 5.41) is 15.9. The lowest BCUT2D eigenvalue weighted by molar-refractivity contribution is -0.135. The predicted molar refractivity (Wildman–Crippen MR) is 505 cm³/mol. The molecule has 11 aromatic carbocycles. The Labute approximate surface area is 747 Å². The van der Waals surface area contributed by atoms with E-state index in [1.165, 1.54) is 13.8 Å². The predicted octanol–water partition coefficient (Wildman–Crippen LogP) is 24.1. The minimum Gasteiger partial charge on any atom is -0.427 e. The van der Waals surface area contributed by atoms with Gasteiger partial charge in [0.1, 0.15) is 28.7 Å². The van der Waals surface area contributed by atoms with Gasteiger partial charge >= 0.3 is 29.8 Å². The molecule has 0 bridgehead atoms. The Bertz CT molecular complexity index is 5990. The first-order valence-corrected chi connectivity index (χ1v) is 44.0. The number of carbonyl (C=O) groups is 11. The number of carbonyl (C=O) groups excluding carboxylic acids is 11. The normalized spacial score (nSPS) is 11.0. The van der Waals surface area contributed by atoms with Crippen LogP contribution in [0.4, 0.5) is 28.4 Å². The van der Waals surface area contributed by atoms with Crippen LogP contribution in [0, 0.1) is 5.92 Å². The largest absolute Gasteiger partial charge is 0.427 e. The third-order valence-electron chi connectivity index (χ3n) is 21.5. The number of nitrogens with two attached hydrogens (primary N) is 1. The second-order valence-electron chi connectivity index (χ2n) is 31.6. The highest BCUT2D eigenvalue weighted by Crippen LogP contribution is 2.56. The van der Waals surface area contributed by atoms with Crippen LogP contribution in [0.15, 0.2) is 212 Å². The van der Waals surface area contributed by atoms with E-state index in [0.29, 0.717) is 138 Å². The number of anilines is 5. The lowest BCUT2D eigenvalue weighted by atomic mass is 9.78. The number of amides is 6. The lowest BCUT2D eigenvalue weighted by Gasteiger charge is -2.26. The van der Waals surface area contributed by atoms with Crippen LogP contribution < -0.4 is 56.0 Å². The molecule has 0 saturated carbocycles. The van der Waals surface area contributed by atoms with E-state index in [2.05, 4.69) is 26.6 Å². The Morgan fingerprint density at radius 1 is 0.312 bits per heavy atom. The Balaban J connectivity index is 1.24. The van der Waals surface area contributed by atoms with Crippen molar-refractivity contribution in [1.82, 2.24) is 0 Å². The Hall–Kier alpha value is -14.4. The number of benzene rings is 11. The van der Waals surface area contributed by atoms with Crippen molar-refractivity contribution in [3.63, 3.8) is 0 Å². The first-order valence-electron chi connectivity index (χ1n) is 44.0. The summed E-state index contributed by atoms with van der Waals surface area (Å²) < 4.78 is 30.6. The number of rotatable bonds is 39. The minimum absolute atomic E-state index is 0.0302. The Kier molecular flexibility index (Phi) is 33.1. The third kappa shape index (κ3) is 23.6. The summed E-state index contributed by atoms with van der Waals surface area (Å²) in [4.78, 5) is 154. The molecule has 0 heterocycles. The van der Waals surface area contributed by atoms with E-state index in [1.54, 1.807) is 173 Å². The number of hydrogen-bond acceptors (Lipinski definition) is 16. The van der Waals surface area contributed by atoms with Crippen molar-refractivity contribution < 1.29 is 76.4 Å². The molecule has 0 fully saturated rings. The number of nitrogens with one attached hydrogen (secondary N) is 5.